The zero-order chi connectivity index (χ0) is 21.5. The summed E-state index contributed by atoms with van der Waals surface area (Å²) in [6, 6.07) is 5.86. The van der Waals surface area contributed by atoms with E-state index in [-0.39, 0.29) is 17.3 Å². The molecule has 1 heterocycles. The van der Waals surface area contributed by atoms with Crippen molar-refractivity contribution in [2.75, 3.05) is 32.2 Å². The number of rotatable bonds is 9. The van der Waals surface area contributed by atoms with Crippen molar-refractivity contribution in [3.05, 3.63) is 50.4 Å². The first-order valence-corrected chi connectivity index (χ1v) is 10.4. The van der Waals surface area contributed by atoms with Gasteiger partial charge in [0.05, 0.1) is 17.1 Å². The quantitative estimate of drug-likeness (QED) is 0.356. The lowest BCUT2D eigenvalue weighted by molar-refractivity contribution is -0.385. The number of methoxy groups -OCH3 is 1. The van der Waals surface area contributed by atoms with Crippen LogP contribution in [0.5, 0.6) is 5.75 Å². The van der Waals surface area contributed by atoms with Gasteiger partial charge in [-0.05, 0) is 37.3 Å². The maximum absolute atomic E-state index is 12.7. The molecule has 0 fully saturated rings. The van der Waals surface area contributed by atoms with E-state index in [1.165, 1.54) is 29.5 Å². The molecule has 2 aromatic rings. The molecule has 0 atom stereocenters. The summed E-state index contributed by atoms with van der Waals surface area (Å²) < 4.78 is 10.3. The first kappa shape index (κ1) is 21.7. The molecule has 2 N–H and O–H groups in total. The van der Waals surface area contributed by atoms with Crippen LogP contribution in [0.25, 0.3) is 0 Å². The van der Waals surface area contributed by atoms with Gasteiger partial charge in [-0.2, -0.15) is 0 Å². The summed E-state index contributed by atoms with van der Waals surface area (Å²) in [7, 11) is 1.56. The van der Waals surface area contributed by atoms with E-state index in [1.54, 1.807) is 13.2 Å². The van der Waals surface area contributed by atoms with E-state index in [9.17, 15) is 19.7 Å². The van der Waals surface area contributed by atoms with Crippen LogP contribution < -0.4 is 15.4 Å². The van der Waals surface area contributed by atoms with E-state index in [2.05, 4.69) is 10.6 Å². The van der Waals surface area contributed by atoms with Crippen molar-refractivity contribution in [3.8, 4) is 5.75 Å². The number of carbonyl (C=O) groups is 2. The van der Waals surface area contributed by atoms with Crippen LogP contribution in [0.3, 0.4) is 0 Å². The van der Waals surface area contributed by atoms with E-state index in [0.29, 0.717) is 23.7 Å². The Kier molecular flexibility index (Phi) is 7.36. The molecule has 1 aliphatic carbocycles. The SMILES string of the molecule is COCCNC(=O)c1c(NC(=O)COc2ccccc2[N+](=O)[O-])sc2c1CCCC2. The molecule has 1 aromatic heterocycles. The number of benzene rings is 1. The number of fused-ring (bicyclic) bond motifs is 1. The van der Waals surface area contributed by atoms with Crippen molar-refractivity contribution in [1.82, 2.24) is 5.32 Å². The number of para-hydroxylation sites is 2. The van der Waals surface area contributed by atoms with Crippen molar-refractivity contribution in [2.24, 2.45) is 0 Å². The number of aryl methyl sites for hydroxylation is 1. The Balaban J connectivity index is 1.72. The number of thiophene rings is 1. The number of anilines is 1. The molecule has 0 bridgehead atoms. The van der Waals surface area contributed by atoms with Gasteiger partial charge in [-0.25, -0.2) is 0 Å². The number of hydrogen-bond acceptors (Lipinski definition) is 7. The molecule has 3 rings (SSSR count). The topological polar surface area (TPSA) is 120 Å². The molecule has 160 valence electrons. The molecule has 30 heavy (non-hydrogen) atoms. The highest BCUT2D eigenvalue weighted by atomic mass is 32.1. The van der Waals surface area contributed by atoms with Gasteiger partial charge in [0.15, 0.2) is 12.4 Å². The van der Waals surface area contributed by atoms with Crippen LogP contribution in [0.4, 0.5) is 10.7 Å². The molecule has 0 spiro atoms. The molecule has 0 radical (unpaired) electrons. The molecule has 1 aliphatic rings. The zero-order valence-corrected chi connectivity index (χ0v) is 17.4. The summed E-state index contributed by atoms with van der Waals surface area (Å²) in [5, 5.41) is 17.1. The summed E-state index contributed by atoms with van der Waals surface area (Å²) in [5.74, 6) is -0.722. The van der Waals surface area contributed by atoms with Gasteiger partial charge < -0.3 is 20.1 Å². The van der Waals surface area contributed by atoms with Crippen molar-refractivity contribution >= 4 is 33.8 Å². The van der Waals surface area contributed by atoms with Crippen LogP contribution in [0.2, 0.25) is 0 Å². The third-order valence-corrected chi connectivity index (χ3v) is 5.87. The monoisotopic (exact) mass is 433 g/mol. The Hall–Kier alpha value is -2.98. The number of nitro groups is 1. The number of hydrogen-bond donors (Lipinski definition) is 2. The first-order valence-electron chi connectivity index (χ1n) is 9.59. The molecule has 2 amide bonds. The normalized spacial score (nSPS) is 12.7. The summed E-state index contributed by atoms with van der Waals surface area (Å²) >= 11 is 1.40. The molecule has 0 aliphatic heterocycles. The lowest BCUT2D eigenvalue weighted by Crippen LogP contribution is -2.29. The number of nitrogens with one attached hydrogen (secondary N) is 2. The maximum atomic E-state index is 12.7. The predicted octanol–water partition coefficient (Wildman–Crippen LogP) is 2.93. The maximum Gasteiger partial charge on any atom is 0.310 e. The minimum atomic E-state index is -0.566. The van der Waals surface area contributed by atoms with E-state index in [4.69, 9.17) is 9.47 Å². The van der Waals surface area contributed by atoms with Crippen LogP contribution in [-0.2, 0) is 22.4 Å². The third-order valence-electron chi connectivity index (χ3n) is 4.66. The number of amides is 2. The van der Waals surface area contributed by atoms with E-state index >= 15 is 0 Å². The molecule has 0 unspecified atom stereocenters. The van der Waals surface area contributed by atoms with E-state index in [1.807, 2.05) is 0 Å². The minimum Gasteiger partial charge on any atom is -0.477 e. The summed E-state index contributed by atoms with van der Waals surface area (Å²) in [6.07, 6.45) is 3.71. The molecule has 0 saturated carbocycles. The van der Waals surface area contributed by atoms with Crippen LogP contribution in [0, 0.1) is 10.1 Å². The summed E-state index contributed by atoms with van der Waals surface area (Å²) in [4.78, 5) is 36.8. The highest BCUT2D eigenvalue weighted by Crippen LogP contribution is 2.38. The van der Waals surface area contributed by atoms with Gasteiger partial charge in [-0.1, -0.05) is 12.1 Å². The highest BCUT2D eigenvalue weighted by Gasteiger charge is 2.26. The van der Waals surface area contributed by atoms with Crippen molar-refractivity contribution in [1.29, 1.82) is 0 Å². The highest BCUT2D eigenvalue weighted by molar-refractivity contribution is 7.17. The fourth-order valence-corrected chi connectivity index (χ4v) is 4.59. The summed E-state index contributed by atoms with van der Waals surface area (Å²) in [6.45, 7) is 0.357. The second-order valence-electron chi connectivity index (χ2n) is 6.73. The Morgan fingerprint density at radius 1 is 1.23 bits per heavy atom. The Morgan fingerprint density at radius 3 is 2.77 bits per heavy atom. The van der Waals surface area contributed by atoms with Gasteiger partial charge in [0, 0.05) is 24.6 Å². The smallest absolute Gasteiger partial charge is 0.310 e. The number of nitro benzene ring substituents is 1. The summed E-state index contributed by atoms with van der Waals surface area (Å²) in [5.41, 5.74) is 1.26. The fraction of sp³-hybridized carbons (Fsp3) is 0.400. The second-order valence-corrected chi connectivity index (χ2v) is 7.83. The number of carbonyl (C=O) groups excluding carboxylic acids is 2. The molecule has 1 aromatic carbocycles. The lowest BCUT2D eigenvalue weighted by Gasteiger charge is -2.13. The van der Waals surface area contributed by atoms with Crippen LogP contribution in [0.15, 0.2) is 24.3 Å². The van der Waals surface area contributed by atoms with Gasteiger partial charge in [0.25, 0.3) is 11.8 Å². The Labute approximate surface area is 177 Å². The molecule has 9 nitrogen and oxygen atoms in total. The predicted molar refractivity (Wildman–Crippen MR) is 112 cm³/mol. The average Bonchev–Trinajstić information content (AvgIpc) is 3.10. The van der Waals surface area contributed by atoms with Crippen molar-refractivity contribution in [3.63, 3.8) is 0 Å². The largest absolute Gasteiger partial charge is 0.477 e. The Morgan fingerprint density at radius 2 is 2.00 bits per heavy atom. The minimum absolute atomic E-state index is 0.0145. The molecule has 0 saturated heterocycles. The molecule has 10 heteroatoms. The fourth-order valence-electron chi connectivity index (χ4n) is 3.29. The second kappa shape index (κ2) is 10.2. The van der Waals surface area contributed by atoms with Crippen molar-refractivity contribution in [2.45, 2.75) is 25.7 Å². The lowest BCUT2D eigenvalue weighted by atomic mass is 9.95. The first-order chi connectivity index (χ1) is 14.5. The van der Waals surface area contributed by atoms with Crippen LogP contribution in [-0.4, -0.2) is 43.6 Å². The third kappa shape index (κ3) is 5.14. The standard InChI is InChI=1S/C20H23N3O6S/c1-28-11-10-21-19(25)18-13-6-2-5-9-16(13)30-20(18)22-17(24)12-29-15-8-4-3-7-14(15)23(26)27/h3-4,7-8H,2,5-6,9-12H2,1H3,(H,21,25)(H,22,24). The van der Waals surface area contributed by atoms with Gasteiger partial charge in [0.2, 0.25) is 0 Å². The zero-order valence-electron chi connectivity index (χ0n) is 16.6. The van der Waals surface area contributed by atoms with E-state index in [0.717, 1.165) is 36.1 Å². The van der Waals surface area contributed by atoms with Crippen LogP contribution in [0.1, 0.15) is 33.6 Å². The van der Waals surface area contributed by atoms with Gasteiger partial charge in [0.1, 0.15) is 5.00 Å². The average molecular weight is 433 g/mol. The van der Waals surface area contributed by atoms with Crippen molar-refractivity contribution < 1.29 is 24.0 Å². The van der Waals surface area contributed by atoms with Crippen LogP contribution >= 0.6 is 11.3 Å². The van der Waals surface area contributed by atoms with Gasteiger partial charge in [-0.3, -0.25) is 19.7 Å². The number of nitrogens with zero attached hydrogens (tertiary/aromatic N) is 1. The molecular weight excluding hydrogens is 410 g/mol. The van der Waals surface area contributed by atoms with E-state index < -0.39 is 17.4 Å². The van der Waals surface area contributed by atoms with Gasteiger partial charge >= 0.3 is 5.69 Å². The number of ether oxygens (including phenoxy) is 2. The van der Waals surface area contributed by atoms with Gasteiger partial charge in [-0.15, -0.1) is 11.3 Å². The Bertz CT molecular complexity index is 943. The molecular formula is C20H23N3O6S.